The van der Waals surface area contributed by atoms with Gasteiger partial charge < -0.3 is 11.1 Å². The summed E-state index contributed by atoms with van der Waals surface area (Å²) in [5.41, 5.74) is 4.77. The van der Waals surface area contributed by atoms with Gasteiger partial charge >= 0.3 is 0 Å². The quantitative estimate of drug-likeness (QED) is 0.215. The highest BCUT2D eigenvalue weighted by atomic mass is 32.2. The van der Waals surface area contributed by atoms with Gasteiger partial charge in [0.25, 0.3) is 32.1 Å². The number of amides is 2. The molecule has 0 radical (unpaired) electrons. The molecule has 1 aliphatic heterocycles. The van der Waals surface area contributed by atoms with Gasteiger partial charge in [-0.25, -0.2) is 0 Å². The second-order valence-electron chi connectivity index (χ2n) is 6.70. The molecule has 0 fully saturated rings. The first-order chi connectivity index (χ1) is 13.9. The molecule has 0 unspecified atom stereocenters. The van der Waals surface area contributed by atoms with Crippen LogP contribution in [0.5, 0.6) is 0 Å². The van der Waals surface area contributed by atoms with Crippen LogP contribution in [-0.4, -0.2) is 50.8 Å². The lowest BCUT2D eigenvalue weighted by molar-refractivity contribution is 0.0845. The van der Waals surface area contributed by atoms with Crippen LogP contribution in [-0.2, 0) is 20.2 Å². The number of anilines is 1. The van der Waals surface area contributed by atoms with Crippen molar-refractivity contribution in [1.29, 1.82) is 0 Å². The van der Waals surface area contributed by atoms with Crippen molar-refractivity contribution in [3.8, 4) is 0 Å². The van der Waals surface area contributed by atoms with Crippen LogP contribution in [0, 0.1) is 0 Å². The molecule has 0 saturated heterocycles. The van der Waals surface area contributed by atoms with Crippen LogP contribution >= 0.6 is 0 Å². The van der Waals surface area contributed by atoms with Crippen molar-refractivity contribution in [2.75, 3.05) is 18.4 Å². The number of nitrogens with two attached hydrogens (primary N) is 1. The van der Waals surface area contributed by atoms with Gasteiger partial charge in [0.2, 0.25) is 0 Å². The minimum absolute atomic E-state index is 0.00741. The molecule has 162 valence electrons. The Balaban J connectivity index is 2.31. The third kappa shape index (κ3) is 4.15. The topological polar surface area (TPSA) is 193 Å². The zero-order chi connectivity index (χ0) is 22.3. The van der Waals surface area contributed by atoms with E-state index in [-0.39, 0.29) is 34.1 Å². The molecule has 2 aromatic carbocycles. The summed E-state index contributed by atoms with van der Waals surface area (Å²) in [6.45, 7) is 0.738. The minimum atomic E-state index is -4.84. The predicted octanol–water partition coefficient (Wildman–Crippen LogP) is 0.758. The summed E-state index contributed by atoms with van der Waals surface area (Å²) < 4.78 is 66.1. The van der Waals surface area contributed by atoms with E-state index in [1.54, 1.807) is 0 Å². The highest BCUT2D eigenvalue weighted by Gasteiger charge is 2.33. The van der Waals surface area contributed by atoms with Crippen LogP contribution in [0.3, 0.4) is 0 Å². The van der Waals surface area contributed by atoms with Gasteiger partial charge in [-0.3, -0.25) is 24.0 Å². The minimum Gasteiger partial charge on any atom is -0.383 e. The molecule has 3 rings (SSSR count). The first kappa shape index (κ1) is 22.1. The lowest BCUT2D eigenvalue weighted by Crippen LogP contribution is -2.36. The van der Waals surface area contributed by atoms with E-state index in [1.807, 2.05) is 5.32 Å². The molecule has 0 saturated carbocycles. The largest absolute Gasteiger partial charge is 0.383 e. The maximum atomic E-state index is 12.6. The van der Waals surface area contributed by atoms with Crippen molar-refractivity contribution < 1.29 is 35.5 Å². The monoisotopic (exact) mass is 457 g/mol. The third-order valence-corrected chi connectivity index (χ3v) is 6.34. The van der Waals surface area contributed by atoms with Gasteiger partial charge in [-0.05, 0) is 43.0 Å². The fourth-order valence-electron chi connectivity index (χ4n) is 3.32. The van der Waals surface area contributed by atoms with Gasteiger partial charge in [-0.1, -0.05) is 6.42 Å². The maximum absolute atomic E-state index is 12.6. The number of hydrogen-bond acceptors (Lipinski definition) is 8. The molecule has 1 aliphatic rings. The molecule has 2 aromatic rings. The second kappa shape index (κ2) is 7.92. The number of carbonyl (C=O) groups excluding carboxylic acids is 2. The average molecular weight is 457 g/mol. The zero-order valence-electron chi connectivity index (χ0n) is 15.5. The molecule has 30 heavy (non-hydrogen) atoms. The lowest BCUT2D eigenvalue weighted by Gasteiger charge is -2.23. The number of hydrogen-bond donors (Lipinski definition) is 5. The average Bonchev–Trinajstić information content (AvgIpc) is 2.63. The van der Waals surface area contributed by atoms with Gasteiger partial charge in [0.05, 0.1) is 16.1 Å². The van der Waals surface area contributed by atoms with E-state index in [1.165, 1.54) is 0 Å². The summed E-state index contributed by atoms with van der Waals surface area (Å²) in [5.74, 6) is -1.82. The Morgan fingerprint density at radius 1 is 0.933 bits per heavy atom. The van der Waals surface area contributed by atoms with Crippen LogP contribution < -0.4 is 16.4 Å². The highest BCUT2D eigenvalue weighted by molar-refractivity contribution is 7.86. The van der Waals surface area contributed by atoms with E-state index in [4.69, 9.17) is 5.73 Å². The molecule has 11 nitrogen and oxygen atoms in total. The van der Waals surface area contributed by atoms with E-state index in [9.17, 15) is 35.5 Å². The Labute approximate surface area is 172 Å². The first-order valence-electron chi connectivity index (χ1n) is 8.84. The lowest BCUT2D eigenvalue weighted by atomic mass is 9.93. The Bertz CT molecular complexity index is 1270. The standard InChI is InChI=1S/C17H19N3O8S2/c18-4-2-1-3-5-19-15-12(30(26,27)28)7-9-6-10(29(23,24)25)8-11-13(9)14(15)17(22)20-16(11)21/h6-8,19H,1-5,18H2,(H,20,21,22)(H,23,24,25)(H,26,27,28). The summed E-state index contributed by atoms with van der Waals surface area (Å²) >= 11 is 0. The van der Waals surface area contributed by atoms with E-state index in [2.05, 4.69) is 5.32 Å². The second-order valence-corrected chi connectivity index (χ2v) is 9.51. The van der Waals surface area contributed by atoms with E-state index in [0.717, 1.165) is 31.0 Å². The fraction of sp³-hybridized carbons (Fsp3) is 0.294. The summed E-state index contributed by atoms with van der Waals surface area (Å²) in [6, 6.07) is 2.75. The molecular formula is C17H19N3O8S2. The van der Waals surface area contributed by atoms with Gasteiger partial charge in [-0.2, -0.15) is 16.8 Å². The van der Waals surface area contributed by atoms with Crippen LogP contribution in [0.2, 0.25) is 0 Å². The number of imide groups is 1. The van der Waals surface area contributed by atoms with Crippen molar-refractivity contribution in [1.82, 2.24) is 5.32 Å². The molecule has 0 aromatic heterocycles. The predicted molar refractivity (Wildman–Crippen MR) is 107 cm³/mol. The van der Waals surface area contributed by atoms with Crippen molar-refractivity contribution in [3.63, 3.8) is 0 Å². The van der Waals surface area contributed by atoms with Gasteiger partial charge in [0, 0.05) is 17.5 Å². The van der Waals surface area contributed by atoms with Crippen LogP contribution in [0.4, 0.5) is 5.69 Å². The van der Waals surface area contributed by atoms with E-state index in [0.29, 0.717) is 13.0 Å². The van der Waals surface area contributed by atoms with Gasteiger partial charge in [-0.15, -0.1) is 0 Å². The molecule has 1 heterocycles. The molecular weight excluding hydrogens is 438 g/mol. The Morgan fingerprint density at radius 2 is 1.63 bits per heavy atom. The number of rotatable bonds is 8. The summed E-state index contributed by atoms with van der Waals surface area (Å²) in [6.07, 6.45) is 2.07. The number of nitrogens with one attached hydrogen (secondary N) is 2. The molecule has 6 N–H and O–H groups in total. The smallest absolute Gasteiger partial charge is 0.296 e. The molecule has 0 spiro atoms. The summed E-state index contributed by atoms with van der Waals surface area (Å²) in [5, 5.41) is 4.72. The molecule has 13 heteroatoms. The van der Waals surface area contributed by atoms with Gasteiger partial charge in [0.15, 0.2) is 0 Å². The first-order valence-corrected chi connectivity index (χ1v) is 11.7. The highest BCUT2D eigenvalue weighted by Crippen LogP contribution is 2.38. The molecule has 0 bridgehead atoms. The van der Waals surface area contributed by atoms with Crippen LogP contribution in [0.15, 0.2) is 28.0 Å². The molecule has 2 amide bonds. The summed E-state index contributed by atoms with van der Waals surface area (Å²) in [7, 11) is -9.58. The maximum Gasteiger partial charge on any atom is 0.296 e. The van der Waals surface area contributed by atoms with E-state index < -0.39 is 41.8 Å². The fourth-order valence-corrected chi connectivity index (χ4v) is 4.57. The van der Waals surface area contributed by atoms with E-state index >= 15 is 0 Å². The number of benzene rings is 2. The summed E-state index contributed by atoms with van der Waals surface area (Å²) in [4.78, 5) is 23.5. The third-order valence-electron chi connectivity index (χ3n) is 4.63. The zero-order valence-corrected chi connectivity index (χ0v) is 17.1. The Kier molecular flexibility index (Phi) is 5.84. The SMILES string of the molecule is NCCCCCNc1c(S(=O)(=O)O)cc2cc(S(=O)(=O)O)cc3c2c1C(=O)NC3=O. The normalized spacial score (nSPS) is 14.1. The molecule has 0 aliphatic carbocycles. The number of unbranched alkanes of at least 4 members (excludes halogenated alkanes) is 2. The Hall–Kier alpha value is -2.58. The van der Waals surface area contributed by atoms with Crippen molar-refractivity contribution >= 4 is 48.5 Å². The van der Waals surface area contributed by atoms with Crippen molar-refractivity contribution in [3.05, 3.63) is 29.3 Å². The van der Waals surface area contributed by atoms with Crippen molar-refractivity contribution in [2.24, 2.45) is 5.73 Å². The van der Waals surface area contributed by atoms with Crippen LogP contribution in [0.25, 0.3) is 10.8 Å². The van der Waals surface area contributed by atoms with Gasteiger partial charge in [0.1, 0.15) is 4.90 Å². The number of carbonyl (C=O) groups is 2. The Morgan fingerprint density at radius 3 is 2.23 bits per heavy atom. The molecule has 0 atom stereocenters. The van der Waals surface area contributed by atoms with Crippen molar-refractivity contribution in [2.45, 2.75) is 29.1 Å². The van der Waals surface area contributed by atoms with Crippen LogP contribution in [0.1, 0.15) is 40.0 Å².